The molecule has 7 nitrogen and oxygen atoms in total. The van der Waals surface area contributed by atoms with E-state index in [2.05, 4.69) is 5.10 Å². The van der Waals surface area contributed by atoms with E-state index in [-0.39, 0.29) is 23.6 Å². The second-order valence-corrected chi connectivity index (χ2v) is 12.7. The quantitative estimate of drug-likeness (QED) is 0.211. The number of hydrogen-bond donors (Lipinski definition) is 0. The molecule has 43 heavy (non-hydrogen) atoms. The summed E-state index contributed by atoms with van der Waals surface area (Å²) in [6.07, 6.45) is 7.76. The van der Waals surface area contributed by atoms with Gasteiger partial charge in [0.25, 0.3) is 5.92 Å². The van der Waals surface area contributed by atoms with Crippen molar-refractivity contribution in [2.45, 2.75) is 90.1 Å². The van der Waals surface area contributed by atoms with Crippen molar-refractivity contribution in [1.29, 1.82) is 0 Å². The third kappa shape index (κ3) is 6.75. The largest absolute Gasteiger partial charge is 0.496 e. The average Bonchev–Trinajstić information content (AvgIpc) is 3.36. The molecule has 3 aromatic rings. The van der Waals surface area contributed by atoms with Crippen LogP contribution in [0, 0.1) is 5.82 Å². The molecule has 3 atom stereocenters. The van der Waals surface area contributed by atoms with Crippen LogP contribution in [0.5, 0.6) is 5.75 Å². The Morgan fingerprint density at radius 3 is 2.60 bits per heavy atom. The molecular formula is C33H40F3N3O4. The zero-order valence-corrected chi connectivity index (χ0v) is 25.6. The maximum absolute atomic E-state index is 16.2. The van der Waals surface area contributed by atoms with Crippen molar-refractivity contribution >= 4 is 22.9 Å². The van der Waals surface area contributed by atoms with Gasteiger partial charge in [-0.2, -0.15) is 5.10 Å². The Balaban J connectivity index is 1.61. The van der Waals surface area contributed by atoms with Gasteiger partial charge in [0.1, 0.15) is 17.2 Å². The van der Waals surface area contributed by atoms with Crippen molar-refractivity contribution in [2.75, 3.05) is 20.3 Å². The van der Waals surface area contributed by atoms with Crippen LogP contribution < -0.4 is 4.74 Å². The van der Waals surface area contributed by atoms with E-state index in [1.807, 2.05) is 23.7 Å². The lowest BCUT2D eigenvalue weighted by Crippen LogP contribution is -2.47. The van der Waals surface area contributed by atoms with Gasteiger partial charge >= 0.3 is 5.97 Å². The van der Waals surface area contributed by atoms with Gasteiger partial charge in [-0.15, -0.1) is 0 Å². The second kappa shape index (κ2) is 12.0. The van der Waals surface area contributed by atoms with E-state index >= 15 is 4.39 Å². The van der Waals surface area contributed by atoms with Gasteiger partial charge in [0.2, 0.25) is 0 Å². The van der Waals surface area contributed by atoms with Crippen molar-refractivity contribution in [2.24, 2.45) is 0 Å². The van der Waals surface area contributed by atoms with E-state index in [4.69, 9.17) is 14.2 Å². The van der Waals surface area contributed by atoms with E-state index in [0.29, 0.717) is 18.6 Å². The number of alkyl halides is 2. The summed E-state index contributed by atoms with van der Waals surface area (Å²) in [5.41, 5.74) is 2.45. The molecule has 1 aromatic heterocycles. The second-order valence-electron chi connectivity index (χ2n) is 12.7. The number of rotatable bonds is 7. The number of esters is 1. The first-order valence-electron chi connectivity index (χ1n) is 14.8. The van der Waals surface area contributed by atoms with Gasteiger partial charge < -0.3 is 14.2 Å². The predicted molar refractivity (Wildman–Crippen MR) is 159 cm³/mol. The van der Waals surface area contributed by atoms with Gasteiger partial charge in [0.15, 0.2) is 6.23 Å². The highest BCUT2D eigenvalue weighted by Gasteiger charge is 2.41. The van der Waals surface area contributed by atoms with E-state index in [1.165, 1.54) is 25.3 Å². The average molecular weight is 600 g/mol. The summed E-state index contributed by atoms with van der Waals surface area (Å²) < 4.78 is 64.2. The minimum Gasteiger partial charge on any atom is -0.496 e. The molecule has 0 spiro atoms. The number of carbonyl (C=O) groups excluding carboxylic acids is 1. The van der Waals surface area contributed by atoms with Crippen LogP contribution in [0.25, 0.3) is 17.0 Å². The Morgan fingerprint density at radius 1 is 1.19 bits per heavy atom. The first kappa shape index (κ1) is 31.1. The fraction of sp³-hybridized carbons (Fsp3) is 0.515. The van der Waals surface area contributed by atoms with Crippen molar-refractivity contribution < 1.29 is 32.2 Å². The number of nitrogens with zero attached hydrogens (tertiary/aromatic N) is 3. The minimum atomic E-state index is -3.02. The van der Waals surface area contributed by atoms with Crippen LogP contribution >= 0.6 is 0 Å². The standard InChI is InChI=1S/C33H40F3N3O4/c1-20-15-23-22(11-12-26-24(23)18-37-39(26)28-9-7-8-14-42-28)31(38(20)19-33(5,35)36)30-25(34)16-21(17-27(30)41-6)10-13-29(40)43-32(2,3)4/h10-13,16-18,20,28,31H,7-9,14-15,19H2,1-6H3/b13-10+/t20-,28?,31?/m1/s1. The summed E-state index contributed by atoms with van der Waals surface area (Å²) in [7, 11) is 1.42. The summed E-state index contributed by atoms with van der Waals surface area (Å²) in [6, 6.07) is 5.54. The molecule has 1 saturated heterocycles. The number of methoxy groups -OCH3 is 1. The third-order valence-corrected chi connectivity index (χ3v) is 7.93. The van der Waals surface area contributed by atoms with Crippen LogP contribution in [0.3, 0.4) is 0 Å². The topological polar surface area (TPSA) is 65.8 Å². The molecule has 0 radical (unpaired) electrons. The number of aromatic nitrogens is 2. The van der Waals surface area contributed by atoms with E-state index < -0.39 is 35.9 Å². The summed E-state index contributed by atoms with van der Waals surface area (Å²) in [4.78, 5) is 13.9. The number of fused-ring (bicyclic) bond motifs is 3. The van der Waals surface area contributed by atoms with E-state index in [0.717, 1.165) is 48.2 Å². The Labute approximate surface area is 250 Å². The van der Waals surface area contributed by atoms with Gasteiger partial charge in [-0.25, -0.2) is 22.6 Å². The molecule has 0 amide bonds. The van der Waals surface area contributed by atoms with Crippen LogP contribution in [-0.2, 0) is 20.7 Å². The van der Waals surface area contributed by atoms with E-state index in [1.54, 1.807) is 37.9 Å². The van der Waals surface area contributed by atoms with Gasteiger partial charge in [-0.3, -0.25) is 4.90 Å². The zero-order valence-electron chi connectivity index (χ0n) is 25.6. The molecule has 0 saturated carbocycles. The molecule has 2 unspecified atom stereocenters. The van der Waals surface area contributed by atoms with Crippen molar-refractivity contribution in [1.82, 2.24) is 14.7 Å². The van der Waals surface area contributed by atoms with Crippen LogP contribution in [0.2, 0.25) is 0 Å². The van der Waals surface area contributed by atoms with Crippen molar-refractivity contribution in [3.63, 3.8) is 0 Å². The molecule has 0 aliphatic carbocycles. The maximum Gasteiger partial charge on any atom is 0.331 e. The molecular weight excluding hydrogens is 559 g/mol. The van der Waals surface area contributed by atoms with Gasteiger partial charge in [0, 0.05) is 31.0 Å². The Bertz CT molecular complexity index is 1520. The third-order valence-electron chi connectivity index (χ3n) is 7.93. The Kier molecular flexibility index (Phi) is 8.64. The Morgan fingerprint density at radius 2 is 1.95 bits per heavy atom. The fourth-order valence-electron chi connectivity index (χ4n) is 6.20. The number of ether oxygens (including phenoxy) is 3. The summed E-state index contributed by atoms with van der Waals surface area (Å²) in [5.74, 6) is -4.00. The molecule has 2 aromatic carbocycles. The molecule has 10 heteroatoms. The highest BCUT2D eigenvalue weighted by Crippen LogP contribution is 2.46. The highest BCUT2D eigenvalue weighted by atomic mass is 19.3. The lowest BCUT2D eigenvalue weighted by atomic mass is 9.82. The molecule has 2 aliphatic rings. The summed E-state index contributed by atoms with van der Waals surface area (Å²) in [6.45, 7) is 8.15. The number of benzene rings is 2. The monoisotopic (exact) mass is 599 g/mol. The van der Waals surface area contributed by atoms with Crippen LogP contribution in [-0.4, -0.2) is 58.5 Å². The number of carbonyl (C=O) groups is 1. The summed E-state index contributed by atoms with van der Waals surface area (Å²) >= 11 is 0. The number of halogens is 3. The van der Waals surface area contributed by atoms with Gasteiger partial charge in [-0.1, -0.05) is 6.07 Å². The van der Waals surface area contributed by atoms with Crippen LogP contribution in [0.1, 0.15) is 88.4 Å². The zero-order chi connectivity index (χ0) is 31.1. The maximum atomic E-state index is 16.2. The predicted octanol–water partition coefficient (Wildman–Crippen LogP) is 7.23. The molecule has 5 rings (SSSR count). The minimum absolute atomic E-state index is 0.157. The fourth-order valence-corrected chi connectivity index (χ4v) is 6.20. The van der Waals surface area contributed by atoms with Crippen LogP contribution in [0.4, 0.5) is 13.2 Å². The lowest BCUT2D eigenvalue weighted by molar-refractivity contribution is -0.148. The smallest absolute Gasteiger partial charge is 0.331 e. The van der Waals surface area contributed by atoms with E-state index in [9.17, 15) is 13.6 Å². The molecule has 2 aliphatic heterocycles. The number of hydrogen-bond acceptors (Lipinski definition) is 6. The summed E-state index contributed by atoms with van der Waals surface area (Å²) in [5, 5.41) is 5.57. The van der Waals surface area contributed by atoms with Crippen molar-refractivity contribution in [3.05, 3.63) is 64.6 Å². The first-order valence-corrected chi connectivity index (χ1v) is 14.8. The molecule has 0 N–H and O–H groups in total. The normalized spacial score (nSPS) is 21.7. The van der Waals surface area contributed by atoms with Gasteiger partial charge in [-0.05, 0) is 94.3 Å². The first-order chi connectivity index (χ1) is 20.3. The Hall–Kier alpha value is -3.37. The van der Waals surface area contributed by atoms with Gasteiger partial charge in [0.05, 0.1) is 37.0 Å². The SMILES string of the molecule is COc1cc(/C=C/C(=O)OC(C)(C)C)cc(F)c1C1c2ccc3c(cnn3C3CCCCO3)c2C[C@@H](C)N1CC(C)(F)F. The van der Waals surface area contributed by atoms with Crippen LogP contribution in [0.15, 0.2) is 36.5 Å². The molecule has 3 heterocycles. The lowest BCUT2D eigenvalue weighted by Gasteiger charge is -2.43. The highest BCUT2D eigenvalue weighted by molar-refractivity contribution is 5.87. The molecule has 232 valence electrons. The molecule has 1 fully saturated rings. The van der Waals surface area contributed by atoms with Crippen molar-refractivity contribution in [3.8, 4) is 5.75 Å². The molecule has 0 bridgehead atoms.